The molecular weight excluding hydrogens is 98.1 g/mol. The summed E-state index contributed by atoms with van der Waals surface area (Å²) in [4.78, 5) is 0. The second kappa shape index (κ2) is 1.51. The first-order chi connectivity index (χ1) is 3.63. The van der Waals surface area contributed by atoms with Crippen molar-refractivity contribution in [3.8, 4) is 0 Å². The molecule has 0 aromatic carbocycles. The lowest BCUT2D eigenvalue weighted by Crippen LogP contribution is -2.15. The van der Waals surface area contributed by atoms with Gasteiger partial charge in [0.05, 0.1) is 0 Å². The van der Waals surface area contributed by atoms with Gasteiger partial charge in [0.1, 0.15) is 0 Å². The third kappa shape index (κ3) is 0.726. The lowest BCUT2D eigenvalue weighted by molar-refractivity contribution is 0.438. The van der Waals surface area contributed by atoms with Gasteiger partial charge in [-0.2, -0.15) is 0 Å². The van der Waals surface area contributed by atoms with Gasteiger partial charge in [0, 0.05) is 11.1 Å². The Morgan fingerprint density at radius 3 is 2.38 bits per heavy atom. The summed E-state index contributed by atoms with van der Waals surface area (Å²) in [5, 5.41) is 0. The summed E-state index contributed by atoms with van der Waals surface area (Å²) < 4.78 is 0. The molecule has 0 heterocycles. The Balaban J connectivity index is 2.73. The van der Waals surface area contributed by atoms with Gasteiger partial charge in [0.2, 0.25) is 0 Å². The van der Waals surface area contributed by atoms with Gasteiger partial charge in [-0.3, -0.25) is 0 Å². The van der Waals surface area contributed by atoms with E-state index in [0.717, 1.165) is 5.70 Å². The van der Waals surface area contributed by atoms with Gasteiger partial charge in [0.15, 0.2) is 0 Å². The average molecular weight is 111 g/mol. The van der Waals surface area contributed by atoms with Crippen molar-refractivity contribution in [2.75, 3.05) is 0 Å². The minimum atomic E-state index is 0.292. The van der Waals surface area contributed by atoms with Crippen molar-refractivity contribution in [3.63, 3.8) is 0 Å². The molecule has 1 aliphatic rings. The molecule has 0 aromatic heterocycles. The molecule has 0 unspecified atom stereocenters. The van der Waals surface area contributed by atoms with Crippen molar-refractivity contribution in [1.82, 2.24) is 0 Å². The standard InChI is InChI=1S/C7H13N/c1-7(2)5-3-4-6(7)8/h4H,3,5,8H2,1-2H3. The Morgan fingerprint density at radius 1 is 1.62 bits per heavy atom. The van der Waals surface area contributed by atoms with Gasteiger partial charge >= 0.3 is 0 Å². The van der Waals surface area contributed by atoms with Gasteiger partial charge in [0.25, 0.3) is 0 Å². The van der Waals surface area contributed by atoms with Crippen LogP contribution in [0.2, 0.25) is 0 Å². The van der Waals surface area contributed by atoms with Crippen molar-refractivity contribution in [2.24, 2.45) is 11.1 Å². The lowest BCUT2D eigenvalue weighted by atomic mass is 9.91. The van der Waals surface area contributed by atoms with Crippen molar-refractivity contribution in [1.29, 1.82) is 0 Å². The summed E-state index contributed by atoms with van der Waals surface area (Å²) in [7, 11) is 0. The molecule has 1 heteroatoms. The molecule has 0 spiro atoms. The Labute approximate surface area is 50.6 Å². The molecular formula is C7H13N. The third-order valence-corrected chi connectivity index (χ3v) is 1.92. The first kappa shape index (κ1) is 5.67. The van der Waals surface area contributed by atoms with E-state index < -0.39 is 0 Å². The molecule has 1 rings (SSSR count). The monoisotopic (exact) mass is 111 g/mol. The van der Waals surface area contributed by atoms with Gasteiger partial charge in [-0.1, -0.05) is 19.9 Å². The van der Waals surface area contributed by atoms with Crippen LogP contribution in [0.1, 0.15) is 26.7 Å². The van der Waals surface area contributed by atoms with Crippen LogP contribution in [0.3, 0.4) is 0 Å². The predicted molar refractivity (Wildman–Crippen MR) is 35.3 cm³/mol. The second-order valence-corrected chi connectivity index (χ2v) is 3.08. The second-order valence-electron chi connectivity index (χ2n) is 3.08. The topological polar surface area (TPSA) is 26.0 Å². The fourth-order valence-electron chi connectivity index (χ4n) is 1.01. The SMILES string of the molecule is CC1(C)CCC=C1N. The van der Waals surface area contributed by atoms with Crippen LogP contribution in [0, 0.1) is 5.41 Å². The minimum absolute atomic E-state index is 0.292. The molecule has 1 aliphatic carbocycles. The Morgan fingerprint density at radius 2 is 2.25 bits per heavy atom. The number of hydrogen-bond acceptors (Lipinski definition) is 1. The summed E-state index contributed by atoms with van der Waals surface area (Å²) in [6, 6.07) is 0. The number of hydrogen-bond donors (Lipinski definition) is 1. The molecule has 8 heavy (non-hydrogen) atoms. The van der Waals surface area contributed by atoms with Crippen LogP contribution in [0.25, 0.3) is 0 Å². The molecule has 0 saturated heterocycles. The normalized spacial score (nSPS) is 25.5. The highest BCUT2D eigenvalue weighted by atomic mass is 14.6. The molecule has 0 aromatic rings. The van der Waals surface area contributed by atoms with E-state index >= 15 is 0 Å². The van der Waals surface area contributed by atoms with Crippen molar-refractivity contribution < 1.29 is 0 Å². The van der Waals surface area contributed by atoms with Gasteiger partial charge < -0.3 is 5.73 Å². The predicted octanol–water partition coefficient (Wildman–Crippen LogP) is 1.65. The fourth-order valence-corrected chi connectivity index (χ4v) is 1.01. The van der Waals surface area contributed by atoms with E-state index in [4.69, 9.17) is 5.73 Å². The highest BCUT2D eigenvalue weighted by Gasteiger charge is 2.24. The van der Waals surface area contributed by atoms with Gasteiger partial charge in [-0.25, -0.2) is 0 Å². The maximum atomic E-state index is 5.67. The van der Waals surface area contributed by atoms with Crippen molar-refractivity contribution in [3.05, 3.63) is 11.8 Å². The van der Waals surface area contributed by atoms with Crippen LogP contribution < -0.4 is 5.73 Å². The average Bonchev–Trinajstić information content (AvgIpc) is 1.86. The molecule has 1 nitrogen and oxygen atoms in total. The zero-order valence-electron chi connectivity index (χ0n) is 5.57. The fraction of sp³-hybridized carbons (Fsp3) is 0.714. The number of rotatable bonds is 0. The molecule has 0 amide bonds. The van der Waals surface area contributed by atoms with Crippen molar-refractivity contribution in [2.45, 2.75) is 26.7 Å². The van der Waals surface area contributed by atoms with Crippen LogP contribution in [0.4, 0.5) is 0 Å². The van der Waals surface area contributed by atoms with Crippen LogP contribution in [0.15, 0.2) is 11.8 Å². The van der Waals surface area contributed by atoms with E-state index in [1.807, 2.05) is 0 Å². The minimum Gasteiger partial charge on any atom is -0.402 e. The lowest BCUT2D eigenvalue weighted by Gasteiger charge is -2.17. The summed E-state index contributed by atoms with van der Waals surface area (Å²) in [5.41, 5.74) is 7.03. The highest BCUT2D eigenvalue weighted by Crippen LogP contribution is 2.34. The van der Waals surface area contributed by atoms with E-state index in [1.54, 1.807) is 0 Å². The van der Waals surface area contributed by atoms with Crippen molar-refractivity contribution >= 4 is 0 Å². The zero-order valence-corrected chi connectivity index (χ0v) is 5.57. The van der Waals surface area contributed by atoms with E-state index in [-0.39, 0.29) is 0 Å². The molecule has 0 saturated carbocycles. The Kier molecular flexibility index (Phi) is 1.07. The summed E-state index contributed by atoms with van der Waals surface area (Å²) in [6.07, 6.45) is 4.51. The molecule has 46 valence electrons. The van der Waals surface area contributed by atoms with Gasteiger partial charge in [-0.15, -0.1) is 0 Å². The van der Waals surface area contributed by atoms with E-state index in [9.17, 15) is 0 Å². The molecule has 0 bridgehead atoms. The summed E-state index contributed by atoms with van der Waals surface area (Å²) in [5.74, 6) is 0. The maximum Gasteiger partial charge on any atom is 0.00974 e. The largest absolute Gasteiger partial charge is 0.402 e. The summed E-state index contributed by atoms with van der Waals surface area (Å²) in [6.45, 7) is 4.37. The molecule has 0 radical (unpaired) electrons. The van der Waals surface area contributed by atoms with E-state index in [0.29, 0.717) is 5.41 Å². The first-order valence-electron chi connectivity index (χ1n) is 3.09. The van der Waals surface area contributed by atoms with Gasteiger partial charge in [-0.05, 0) is 12.8 Å². The van der Waals surface area contributed by atoms with E-state index in [1.165, 1.54) is 12.8 Å². The Bertz CT molecular complexity index is 122. The van der Waals surface area contributed by atoms with E-state index in [2.05, 4.69) is 19.9 Å². The smallest absolute Gasteiger partial charge is 0.00974 e. The molecule has 0 aliphatic heterocycles. The van der Waals surface area contributed by atoms with Crippen LogP contribution >= 0.6 is 0 Å². The summed E-state index contributed by atoms with van der Waals surface area (Å²) >= 11 is 0. The molecule has 0 atom stereocenters. The van der Waals surface area contributed by atoms with Crippen LogP contribution in [-0.4, -0.2) is 0 Å². The Hall–Kier alpha value is -0.460. The number of nitrogens with two attached hydrogens (primary N) is 1. The molecule has 2 N–H and O–H groups in total. The maximum absolute atomic E-state index is 5.67. The molecule has 0 fully saturated rings. The first-order valence-corrected chi connectivity index (χ1v) is 3.09. The highest BCUT2D eigenvalue weighted by molar-refractivity contribution is 5.13. The van der Waals surface area contributed by atoms with Crippen LogP contribution in [0.5, 0.6) is 0 Å². The van der Waals surface area contributed by atoms with Crippen LogP contribution in [-0.2, 0) is 0 Å². The third-order valence-electron chi connectivity index (χ3n) is 1.92. The number of allylic oxidation sites excluding steroid dienone is 2. The quantitative estimate of drug-likeness (QED) is 0.505. The zero-order chi connectivity index (χ0) is 6.20.